The van der Waals surface area contributed by atoms with E-state index in [1.54, 1.807) is 0 Å². The Morgan fingerprint density at radius 1 is 1.43 bits per heavy atom. The quantitative estimate of drug-likeness (QED) is 0.364. The van der Waals surface area contributed by atoms with Gasteiger partial charge in [-0.1, -0.05) is 0 Å². The van der Waals surface area contributed by atoms with E-state index in [0.717, 1.165) is 6.07 Å². The fraction of sp³-hybridized carbons (Fsp3) is 0. The Hall–Kier alpha value is -1.63. The van der Waals surface area contributed by atoms with Gasteiger partial charge in [0.2, 0.25) is 5.75 Å². The second kappa shape index (κ2) is 3.62. The molecule has 74 valence electrons. The lowest BCUT2D eigenvalue weighted by molar-refractivity contribution is -0.386. The lowest BCUT2D eigenvalue weighted by atomic mass is 10.2. The number of aromatic hydroxyl groups is 2. The SMILES string of the molecule is O=Cc1cc([N+](=O)[O-])c(O)c(O)c1Br. The number of hydrogen-bond donors (Lipinski definition) is 2. The number of carbonyl (C=O) groups excluding carboxylic acids is 1. The van der Waals surface area contributed by atoms with E-state index in [1.165, 1.54) is 0 Å². The van der Waals surface area contributed by atoms with Gasteiger partial charge in [0.25, 0.3) is 0 Å². The highest BCUT2D eigenvalue weighted by Crippen LogP contribution is 2.42. The molecule has 0 radical (unpaired) electrons. The summed E-state index contributed by atoms with van der Waals surface area (Å²) < 4.78 is -0.0735. The summed E-state index contributed by atoms with van der Waals surface area (Å²) in [6, 6.07) is 0.867. The van der Waals surface area contributed by atoms with Gasteiger partial charge in [-0.2, -0.15) is 0 Å². The number of phenolic OH excluding ortho intramolecular Hbond substituents is 2. The third kappa shape index (κ3) is 1.53. The maximum atomic E-state index is 10.4. The number of rotatable bonds is 2. The van der Waals surface area contributed by atoms with Crippen LogP contribution in [0.2, 0.25) is 0 Å². The molecule has 2 N–H and O–H groups in total. The van der Waals surface area contributed by atoms with Gasteiger partial charge >= 0.3 is 5.69 Å². The standard InChI is InChI=1S/C7H4BrNO5/c8-5-3(2-10)1-4(9(13)14)6(11)7(5)12/h1-2,11-12H. The molecular formula is C7H4BrNO5. The Labute approximate surface area is 86.1 Å². The number of carbonyl (C=O) groups is 1. The number of nitro benzene ring substituents is 1. The molecule has 7 heteroatoms. The summed E-state index contributed by atoms with van der Waals surface area (Å²) in [7, 11) is 0. The first kappa shape index (κ1) is 10.5. The molecule has 1 aromatic rings. The van der Waals surface area contributed by atoms with Crippen molar-refractivity contribution in [2.45, 2.75) is 0 Å². The number of nitro groups is 1. The third-order valence-corrected chi connectivity index (χ3v) is 2.38. The Morgan fingerprint density at radius 2 is 2.00 bits per heavy atom. The monoisotopic (exact) mass is 261 g/mol. The van der Waals surface area contributed by atoms with Crippen LogP contribution in [0.15, 0.2) is 10.5 Å². The van der Waals surface area contributed by atoms with Crippen molar-refractivity contribution in [1.29, 1.82) is 0 Å². The number of halogens is 1. The van der Waals surface area contributed by atoms with E-state index < -0.39 is 22.1 Å². The highest BCUT2D eigenvalue weighted by Gasteiger charge is 2.22. The fourth-order valence-corrected chi connectivity index (χ4v) is 1.26. The zero-order valence-corrected chi connectivity index (χ0v) is 8.19. The number of aldehydes is 1. The highest BCUT2D eigenvalue weighted by atomic mass is 79.9. The molecule has 0 amide bonds. The van der Waals surface area contributed by atoms with E-state index in [0.29, 0.717) is 6.29 Å². The van der Waals surface area contributed by atoms with Crippen molar-refractivity contribution in [2.24, 2.45) is 0 Å². The smallest absolute Gasteiger partial charge is 0.315 e. The van der Waals surface area contributed by atoms with Crippen LogP contribution in [-0.4, -0.2) is 21.4 Å². The molecule has 0 aliphatic carbocycles. The first-order chi connectivity index (χ1) is 6.49. The Bertz CT molecular complexity index is 417. The molecule has 0 aromatic heterocycles. The van der Waals surface area contributed by atoms with Gasteiger partial charge in [0.15, 0.2) is 12.0 Å². The first-order valence-corrected chi connectivity index (χ1v) is 4.12. The molecule has 1 rings (SSSR count). The van der Waals surface area contributed by atoms with Gasteiger partial charge in [-0.05, 0) is 15.9 Å². The lowest BCUT2D eigenvalue weighted by Crippen LogP contribution is -1.92. The average Bonchev–Trinajstić information content (AvgIpc) is 2.14. The number of hydrogen-bond acceptors (Lipinski definition) is 5. The molecule has 0 heterocycles. The van der Waals surface area contributed by atoms with Crippen molar-refractivity contribution < 1.29 is 19.9 Å². The maximum Gasteiger partial charge on any atom is 0.315 e. The van der Waals surface area contributed by atoms with E-state index in [1.807, 2.05) is 0 Å². The number of nitrogens with zero attached hydrogens (tertiary/aromatic N) is 1. The average molecular weight is 262 g/mol. The zero-order valence-electron chi connectivity index (χ0n) is 6.60. The summed E-state index contributed by atoms with van der Waals surface area (Å²) in [6.07, 6.45) is 0.330. The van der Waals surface area contributed by atoms with E-state index in [4.69, 9.17) is 5.11 Å². The van der Waals surface area contributed by atoms with Crippen molar-refractivity contribution in [3.05, 3.63) is 26.2 Å². The van der Waals surface area contributed by atoms with E-state index in [9.17, 15) is 20.0 Å². The molecule has 0 saturated heterocycles. The van der Waals surface area contributed by atoms with Crippen LogP contribution in [0.3, 0.4) is 0 Å². The molecule has 0 spiro atoms. The fourth-order valence-electron chi connectivity index (χ4n) is 0.866. The number of benzene rings is 1. The minimum atomic E-state index is -0.894. The molecule has 0 fully saturated rings. The van der Waals surface area contributed by atoms with Crippen LogP contribution in [0.25, 0.3) is 0 Å². The summed E-state index contributed by atoms with van der Waals surface area (Å²) in [4.78, 5) is 19.9. The second-order valence-corrected chi connectivity index (χ2v) is 3.16. The zero-order chi connectivity index (χ0) is 10.9. The van der Waals surface area contributed by atoms with Crippen LogP contribution in [0.4, 0.5) is 5.69 Å². The van der Waals surface area contributed by atoms with Crippen molar-refractivity contribution in [1.82, 2.24) is 0 Å². The van der Waals surface area contributed by atoms with Gasteiger partial charge in [0.05, 0.1) is 9.40 Å². The predicted octanol–water partition coefficient (Wildman–Crippen LogP) is 1.58. The predicted molar refractivity (Wildman–Crippen MR) is 49.5 cm³/mol. The van der Waals surface area contributed by atoms with E-state index in [-0.39, 0.29) is 10.0 Å². The Morgan fingerprint density at radius 3 is 2.43 bits per heavy atom. The molecular weight excluding hydrogens is 258 g/mol. The van der Waals surface area contributed by atoms with Crippen LogP contribution in [0.5, 0.6) is 11.5 Å². The van der Waals surface area contributed by atoms with Gasteiger partial charge in [-0.3, -0.25) is 14.9 Å². The molecule has 0 aliphatic heterocycles. The van der Waals surface area contributed by atoms with Crippen molar-refractivity contribution in [3.63, 3.8) is 0 Å². The summed E-state index contributed by atoms with van der Waals surface area (Å²) in [6.45, 7) is 0. The third-order valence-electron chi connectivity index (χ3n) is 1.54. The largest absolute Gasteiger partial charge is 0.503 e. The van der Waals surface area contributed by atoms with Crippen LogP contribution in [0.1, 0.15) is 10.4 Å². The summed E-state index contributed by atoms with van der Waals surface area (Å²) in [5, 5.41) is 28.7. The lowest BCUT2D eigenvalue weighted by Gasteiger charge is -2.03. The van der Waals surface area contributed by atoms with E-state index >= 15 is 0 Å². The molecule has 0 aliphatic rings. The van der Waals surface area contributed by atoms with Gasteiger partial charge in [-0.15, -0.1) is 0 Å². The van der Waals surface area contributed by atoms with Gasteiger partial charge in [-0.25, -0.2) is 0 Å². The van der Waals surface area contributed by atoms with Crippen molar-refractivity contribution in [2.75, 3.05) is 0 Å². The van der Waals surface area contributed by atoms with Crippen LogP contribution < -0.4 is 0 Å². The normalized spacial score (nSPS) is 9.79. The summed E-state index contributed by atoms with van der Waals surface area (Å²) >= 11 is 2.81. The van der Waals surface area contributed by atoms with Crippen molar-refractivity contribution >= 4 is 27.9 Å². The Balaban J connectivity index is 3.56. The minimum absolute atomic E-state index is 0.0735. The topological polar surface area (TPSA) is 101 Å². The van der Waals surface area contributed by atoms with Gasteiger partial charge in [0.1, 0.15) is 0 Å². The van der Waals surface area contributed by atoms with Gasteiger partial charge in [0, 0.05) is 11.6 Å². The van der Waals surface area contributed by atoms with Crippen LogP contribution >= 0.6 is 15.9 Å². The molecule has 6 nitrogen and oxygen atoms in total. The van der Waals surface area contributed by atoms with Crippen molar-refractivity contribution in [3.8, 4) is 11.5 Å². The van der Waals surface area contributed by atoms with Gasteiger partial charge < -0.3 is 10.2 Å². The highest BCUT2D eigenvalue weighted by molar-refractivity contribution is 9.10. The molecule has 0 bridgehead atoms. The second-order valence-electron chi connectivity index (χ2n) is 2.37. The molecule has 0 saturated carbocycles. The van der Waals surface area contributed by atoms with Crippen LogP contribution in [0, 0.1) is 10.1 Å². The minimum Gasteiger partial charge on any atom is -0.503 e. The molecule has 0 unspecified atom stereocenters. The molecule has 1 aromatic carbocycles. The summed E-state index contributed by atoms with van der Waals surface area (Å²) in [5.41, 5.74) is -0.820. The molecule has 0 atom stereocenters. The number of phenols is 2. The molecule has 14 heavy (non-hydrogen) atoms. The Kier molecular flexibility index (Phi) is 2.70. The van der Waals surface area contributed by atoms with Crippen LogP contribution in [-0.2, 0) is 0 Å². The first-order valence-electron chi connectivity index (χ1n) is 3.33. The van der Waals surface area contributed by atoms with E-state index in [2.05, 4.69) is 15.9 Å². The maximum absolute atomic E-state index is 10.4. The summed E-state index contributed by atoms with van der Waals surface area (Å²) in [5.74, 6) is -1.59.